The molecule has 0 aromatic rings. The van der Waals surface area contributed by atoms with Gasteiger partial charge in [0.25, 0.3) is 0 Å². The Morgan fingerprint density at radius 1 is 1.28 bits per heavy atom. The van der Waals surface area contributed by atoms with Crippen molar-refractivity contribution in [3.63, 3.8) is 0 Å². The minimum Gasteiger partial charge on any atom is -0.343 e. The molecule has 0 aromatic heterocycles. The molecule has 0 bridgehead atoms. The molecule has 104 valence electrons. The van der Waals surface area contributed by atoms with Crippen molar-refractivity contribution in [1.82, 2.24) is 4.90 Å². The van der Waals surface area contributed by atoms with E-state index in [0.29, 0.717) is 17.7 Å². The van der Waals surface area contributed by atoms with E-state index in [2.05, 4.69) is 18.7 Å². The number of piperidine rings is 1. The van der Waals surface area contributed by atoms with Gasteiger partial charge < -0.3 is 10.6 Å². The number of nitrogens with zero attached hydrogens (tertiary/aromatic N) is 1. The molecule has 2 aliphatic rings. The van der Waals surface area contributed by atoms with Crippen molar-refractivity contribution in [3.8, 4) is 0 Å². The Morgan fingerprint density at radius 2 is 1.94 bits per heavy atom. The molecular formula is C15H28N2O. The summed E-state index contributed by atoms with van der Waals surface area (Å²) in [4.78, 5) is 14.3. The predicted octanol–water partition coefficient (Wildman–Crippen LogP) is 2.40. The van der Waals surface area contributed by atoms with Crippen molar-refractivity contribution in [2.45, 2.75) is 58.4 Å². The average Bonchev–Trinajstić information content (AvgIpc) is 2.75. The van der Waals surface area contributed by atoms with Crippen LogP contribution in [0.3, 0.4) is 0 Å². The largest absolute Gasteiger partial charge is 0.343 e. The summed E-state index contributed by atoms with van der Waals surface area (Å²) in [5.74, 6) is 2.48. The smallest absolute Gasteiger partial charge is 0.222 e. The van der Waals surface area contributed by atoms with Crippen LogP contribution in [0.2, 0.25) is 0 Å². The van der Waals surface area contributed by atoms with Crippen LogP contribution in [0.15, 0.2) is 0 Å². The molecule has 3 unspecified atom stereocenters. The van der Waals surface area contributed by atoms with Crippen molar-refractivity contribution in [3.05, 3.63) is 0 Å². The highest BCUT2D eigenvalue weighted by Gasteiger charge is 2.28. The molecule has 0 aromatic carbocycles. The van der Waals surface area contributed by atoms with Crippen molar-refractivity contribution < 1.29 is 4.79 Å². The third kappa shape index (κ3) is 3.47. The lowest BCUT2D eigenvalue weighted by molar-refractivity contribution is -0.133. The Kier molecular flexibility index (Phi) is 4.66. The van der Waals surface area contributed by atoms with Gasteiger partial charge in [-0.1, -0.05) is 13.3 Å². The zero-order chi connectivity index (χ0) is 13.1. The molecule has 1 saturated carbocycles. The molecule has 18 heavy (non-hydrogen) atoms. The zero-order valence-electron chi connectivity index (χ0n) is 11.9. The number of carbonyl (C=O) groups is 1. The van der Waals surface area contributed by atoms with E-state index in [1.807, 2.05) is 0 Å². The van der Waals surface area contributed by atoms with Crippen LogP contribution in [0.25, 0.3) is 0 Å². The van der Waals surface area contributed by atoms with Crippen molar-refractivity contribution in [2.75, 3.05) is 13.1 Å². The van der Waals surface area contributed by atoms with Crippen LogP contribution >= 0.6 is 0 Å². The Hall–Kier alpha value is -0.570. The highest BCUT2D eigenvalue weighted by molar-refractivity contribution is 5.76. The number of likely N-dealkylation sites (tertiary alicyclic amines) is 1. The summed E-state index contributed by atoms with van der Waals surface area (Å²) in [5.41, 5.74) is 5.93. The van der Waals surface area contributed by atoms with Crippen LogP contribution in [0.5, 0.6) is 0 Å². The first-order chi connectivity index (χ1) is 8.56. The number of amides is 1. The Bertz CT molecular complexity index is 282. The Labute approximate surface area is 111 Å². The minimum absolute atomic E-state index is 0.276. The van der Waals surface area contributed by atoms with Crippen LogP contribution < -0.4 is 5.73 Å². The normalized spacial score (nSPS) is 31.6. The van der Waals surface area contributed by atoms with Gasteiger partial charge in [0.15, 0.2) is 0 Å². The third-order valence-electron chi connectivity index (χ3n) is 4.90. The molecule has 2 fully saturated rings. The number of nitrogens with two attached hydrogens (primary N) is 1. The van der Waals surface area contributed by atoms with Gasteiger partial charge in [0, 0.05) is 25.6 Å². The Morgan fingerprint density at radius 3 is 2.44 bits per heavy atom. The maximum Gasteiger partial charge on any atom is 0.222 e. The van der Waals surface area contributed by atoms with E-state index in [-0.39, 0.29) is 6.04 Å². The van der Waals surface area contributed by atoms with Gasteiger partial charge in [-0.15, -0.1) is 0 Å². The average molecular weight is 252 g/mol. The molecule has 0 radical (unpaired) electrons. The molecule has 1 amide bonds. The standard InChI is InChI=1S/C15H28N2O/c1-11-3-4-13(9-11)10-15(18)17-7-5-14(6-8-17)12(2)16/h11-14H,3-10,16H2,1-2H3. The number of hydrogen-bond donors (Lipinski definition) is 1. The summed E-state index contributed by atoms with van der Waals surface area (Å²) in [6.07, 6.45) is 6.78. The Balaban J connectivity index is 1.74. The fourth-order valence-electron chi connectivity index (χ4n) is 3.56. The summed E-state index contributed by atoms with van der Waals surface area (Å²) >= 11 is 0. The van der Waals surface area contributed by atoms with E-state index in [1.54, 1.807) is 0 Å². The van der Waals surface area contributed by atoms with Crippen LogP contribution in [-0.4, -0.2) is 29.9 Å². The van der Waals surface area contributed by atoms with Gasteiger partial charge in [0.2, 0.25) is 5.91 Å². The van der Waals surface area contributed by atoms with Crippen molar-refractivity contribution in [2.24, 2.45) is 23.5 Å². The molecule has 1 heterocycles. The van der Waals surface area contributed by atoms with E-state index in [1.165, 1.54) is 19.3 Å². The van der Waals surface area contributed by atoms with E-state index in [0.717, 1.165) is 38.3 Å². The second-order valence-corrected chi connectivity index (χ2v) is 6.57. The number of carbonyl (C=O) groups excluding carboxylic acids is 1. The van der Waals surface area contributed by atoms with Crippen LogP contribution in [0, 0.1) is 17.8 Å². The van der Waals surface area contributed by atoms with E-state index in [9.17, 15) is 4.79 Å². The van der Waals surface area contributed by atoms with Gasteiger partial charge in [0.05, 0.1) is 0 Å². The molecule has 3 nitrogen and oxygen atoms in total. The lowest BCUT2D eigenvalue weighted by atomic mass is 9.90. The van der Waals surface area contributed by atoms with E-state index >= 15 is 0 Å². The van der Waals surface area contributed by atoms with Gasteiger partial charge in [-0.3, -0.25) is 4.79 Å². The van der Waals surface area contributed by atoms with E-state index < -0.39 is 0 Å². The highest BCUT2D eigenvalue weighted by Crippen LogP contribution is 2.33. The third-order valence-corrected chi connectivity index (χ3v) is 4.90. The van der Waals surface area contributed by atoms with Gasteiger partial charge in [-0.25, -0.2) is 0 Å². The molecular weight excluding hydrogens is 224 g/mol. The molecule has 0 spiro atoms. The number of rotatable bonds is 3. The fraction of sp³-hybridized carbons (Fsp3) is 0.933. The minimum atomic E-state index is 0.276. The summed E-state index contributed by atoms with van der Waals surface area (Å²) in [6, 6.07) is 0.276. The van der Waals surface area contributed by atoms with E-state index in [4.69, 9.17) is 5.73 Å². The summed E-state index contributed by atoms with van der Waals surface area (Å²) in [6.45, 7) is 6.24. The first-order valence-electron chi connectivity index (χ1n) is 7.59. The molecule has 1 aliphatic heterocycles. The second kappa shape index (κ2) is 6.05. The zero-order valence-corrected chi connectivity index (χ0v) is 11.9. The lowest BCUT2D eigenvalue weighted by Crippen LogP contribution is -2.42. The van der Waals surface area contributed by atoms with Crippen LogP contribution in [0.4, 0.5) is 0 Å². The lowest BCUT2D eigenvalue weighted by Gasteiger charge is -2.34. The maximum absolute atomic E-state index is 12.2. The van der Waals surface area contributed by atoms with Gasteiger partial charge in [-0.05, 0) is 50.4 Å². The monoisotopic (exact) mass is 252 g/mol. The molecule has 3 atom stereocenters. The van der Waals surface area contributed by atoms with Gasteiger partial charge in [0.1, 0.15) is 0 Å². The molecule has 2 rings (SSSR count). The second-order valence-electron chi connectivity index (χ2n) is 6.57. The number of hydrogen-bond acceptors (Lipinski definition) is 2. The van der Waals surface area contributed by atoms with Crippen LogP contribution in [-0.2, 0) is 4.79 Å². The van der Waals surface area contributed by atoms with Crippen molar-refractivity contribution >= 4 is 5.91 Å². The van der Waals surface area contributed by atoms with Crippen molar-refractivity contribution in [1.29, 1.82) is 0 Å². The van der Waals surface area contributed by atoms with Crippen LogP contribution in [0.1, 0.15) is 52.4 Å². The molecule has 3 heteroatoms. The quantitative estimate of drug-likeness (QED) is 0.838. The fourth-order valence-corrected chi connectivity index (χ4v) is 3.56. The molecule has 1 aliphatic carbocycles. The highest BCUT2D eigenvalue weighted by atomic mass is 16.2. The first kappa shape index (κ1) is 13.9. The molecule has 2 N–H and O–H groups in total. The molecule has 1 saturated heterocycles. The van der Waals surface area contributed by atoms with Gasteiger partial charge in [-0.2, -0.15) is 0 Å². The SMILES string of the molecule is CC1CCC(CC(=O)N2CCC(C(C)N)CC2)C1. The topological polar surface area (TPSA) is 46.3 Å². The summed E-state index contributed by atoms with van der Waals surface area (Å²) in [5, 5.41) is 0. The van der Waals surface area contributed by atoms with Gasteiger partial charge >= 0.3 is 0 Å². The summed E-state index contributed by atoms with van der Waals surface area (Å²) < 4.78 is 0. The predicted molar refractivity (Wildman–Crippen MR) is 74.1 cm³/mol. The summed E-state index contributed by atoms with van der Waals surface area (Å²) in [7, 11) is 0. The maximum atomic E-state index is 12.2. The first-order valence-corrected chi connectivity index (χ1v) is 7.59.